The summed E-state index contributed by atoms with van der Waals surface area (Å²) in [6.07, 6.45) is 6.11. The Morgan fingerprint density at radius 3 is 2.55 bits per heavy atom. The molecular weight excluding hydrogens is 394 g/mol. The van der Waals surface area contributed by atoms with Gasteiger partial charge in [-0.05, 0) is 30.9 Å². The van der Waals surface area contributed by atoms with Crippen molar-refractivity contribution >= 4 is 40.2 Å². The second-order valence-electron chi connectivity index (χ2n) is 7.24. The largest absolute Gasteiger partial charge is 0.493 e. The molecule has 9 heteroatoms. The number of anilines is 2. The fraction of sp³-hybridized carbons (Fsp3) is 0.450. The summed E-state index contributed by atoms with van der Waals surface area (Å²) in [5, 5.41) is 0.937. The van der Waals surface area contributed by atoms with Gasteiger partial charge in [-0.2, -0.15) is 4.98 Å². The van der Waals surface area contributed by atoms with Gasteiger partial charge in [0.2, 0.25) is 11.9 Å². The molecule has 2 aliphatic rings. The van der Waals surface area contributed by atoms with Crippen LogP contribution in [0.5, 0.6) is 11.5 Å². The van der Waals surface area contributed by atoms with E-state index in [1.807, 2.05) is 15.9 Å². The quantitative estimate of drug-likeness (QED) is 0.747. The number of aromatic nitrogens is 2. The Labute approximate surface area is 174 Å². The molecule has 154 valence electrons. The highest BCUT2D eigenvalue weighted by Gasteiger charge is 2.25. The van der Waals surface area contributed by atoms with Gasteiger partial charge in [-0.25, -0.2) is 4.98 Å². The highest BCUT2D eigenvalue weighted by Crippen LogP contribution is 2.42. The lowest BCUT2D eigenvalue weighted by Gasteiger charge is -2.34. The summed E-state index contributed by atoms with van der Waals surface area (Å²) >= 11 is 6.51. The molecule has 2 aromatic rings. The number of methoxy groups -OCH3 is 2. The zero-order valence-electron chi connectivity index (χ0n) is 16.5. The van der Waals surface area contributed by atoms with Crippen LogP contribution in [0.2, 0.25) is 5.02 Å². The summed E-state index contributed by atoms with van der Waals surface area (Å²) in [6.45, 7) is 2.46. The number of benzene rings is 1. The number of carbonyl (C=O) groups excluding carboxylic acids is 1. The Bertz CT molecular complexity index is 968. The van der Waals surface area contributed by atoms with E-state index < -0.39 is 0 Å². The van der Waals surface area contributed by atoms with Gasteiger partial charge in [0, 0.05) is 31.6 Å². The second-order valence-corrected chi connectivity index (χ2v) is 7.62. The topological polar surface area (TPSA) is 93.8 Å². The zero-order valence-corrected chi connectivity index (χ0v) is 17.3. The molecule has 1 aliphatic heterocycles. The van der Waals surface area contributed by atoms with Crippen LogP contribution in [-0.2, 0) is 4.79 Å². The van der Waals surface area contributed by atoms with Gasteiger partial charge in [-0.1, -0.05) is 17.7 Å². The summed E-state index contributed by atoms with van der Waals surface area (Å²) < 4.78 is 10.7. The van der Waals surface area contributed by atoms with E-state index >= 15 is 0 Å². The maximum Gasteiger partial charge on any atom is 0.246 e. The Morgan fingerprint density at radius 2 is 1.93 bits per heavy atom. The molecule has 2 N–H and O–H groups in total. The number of nitrogens with two attached hydrogens (primary N) is 1. The van der Waals surface area contributed by atoms with Crippen molar-refractivity contribution in [1.82, 2.24) is 14.9 Å². The third kappa shape index (κ3) is 3.89. The normalized spacial score (nSPS) is 17.2. The number of fused-ring (bicyclic) bond motifs is 1. The number of halogens is 1. The van der Waals surface area contributed by atoms with E-state index in [0.717, 1.165) is 0 Å². The summed E-state index contributed by atoms with van der Waals surface area (Å²) in [5.41, 5.74) is 6.70. The molecule has 8 nitrogen and oxygen atoms in total. The molecule has 0 radical (unpaired) electrons. The summed E-state index contributed by atoms with van der Waals surface area (Å²) in [5.74, 6) is 2.34. The Kier molecular flexibility index (Phi) is 5.36. The van der Waals surface area contributed by atoms with Crippen LogP contribution in [0.3, 0.4) is 0 Å². The molecule has 2 heterocycles. The highest BCUT2D eigenvalue weighted by molar-refractivity contribution is 6.37. The van der Waals surface area contributed by atoms with Crippen molar-refractivity contribution in [1.29, 1.82) is 0 Å². The molecule has 1 saturated heterocycles. The number of nitrogens with zero attached hydrogens (tertiary/aromatic N) is 4. The molecule has 0 spiro atoms. The van der Waals surface area contributed by atoms with Gasteiger partial charge in [0.05, 0.1) is 14.2 Å². The third-order valence-corrected chi connectivity index (χ3v) is 5.65. The highest BCUT2D eigenvalue weighted by atomic mass is 35.5. The number of nitrogen functional groups attached to an aromatic ring is 1. The first-order valence-electron chi connectivity index (χ1n) is 9.61. The number of allylic oxidation sites excluding steroid dienone is 1. The van der Waals surface area contributed by atoms with Crippen molar-refractivity contribution in [3.05, 3.63) is 23.2 Å². The molecule has 0 atom stereocenters. The van der Waals surface area contributed by atoms with Crippen LogP contribution < -0.4 is 20.1 Å². The molecule has 2 fully saturated rings. The molecule has 4 rings (SSSR count). The first kappa shape index (κ1) is 19.6. The Morgan fingerprint density at radius 1 is 1.21 bits per heavy atom. The van der Waals surface area contributed by atoms with Gasteiger partial charge in [-0.15, -0.1) is 0 Å². The van der Waals surface area contributed by atoms with Crippen molar-refractivity contribution in [2.24, 2.45) is 5.92 Å². The van der Waals surface area contributed by atoms with Gasteiger partial charge >= 0.3 is 0 Å². The lowest BCUT2D eigenvalue weighted by atomic mass is 10.2. The average Bonchev–Trinajstić information content (AvgIpc) is 3.57. The predicted molar refractivity (Wildman–Crippen MR) is 113 cm³/mol. The van der Waals surface area contributed by atoms with Crippen LogP contribution in [0.25, 0.3) is 10.9 Å². The van der Waals surface area contributed by atoms with E-state index in [9.17, 15) is 4.79 Å². The van der Waals surface area contributed by atoms with Gasteiger partial charge < -0.3 is 25.0 Å². The minimum Gasteiger partial charge on any atom is -0.493 e. The van der Waals surface area contributed by atoms with Crippen LogP contribution in [0.4, 0.5) is 11.8 Å². The second kappa shape index (κ2) is 7.94. The molecule has 0 bridgehead atoms. The zero-order chi connectivity index (χ0) is 20.5. The van der Waals surface area contributed by atoms with E-state index in [4.69, 9.17) is 26.8 Å². The fourth-order valence-electron chi connectivity index (χ4n) is 3.42. The Hall–Kier alpha value is -2.74. The summed E-state index contributed by atoms with van der Waals surface area (Å²) in [7, 11) is 3.06. The Balaban J connectivity index is 1.55. The number of hydrogen-bond acceptors (Lipinski definition) is 7. The van der Waals surface area contributed by atoms with E-state index in [1.54, 1.807) is 12.1 Å². The van der Waals surface area contributed by atoms with Crippen LogP contribution in [0.1, 0.15) is 12.8 Å². The fourth-order valence-corrected chi connectivity index (χ4v) is 3.73. The molecule has 1 amide bonds. The first-order valence-corrected chi connectivity index (χ1v) is 9.99. The number of carbonyl (C=O) groups is 1. The molecule has 1 aliphatic carbocycles. The smallest absolute Gasteiger partial charge is 0.246 e. The van der Waals surface area contributed by atoms with E-state index in [2.05, 4.69) is 9.97 Å². The molecule has 0 unspecified atom stereocenters. The minimum absolute atomic E-state index is 0.0652. The lowest BCUT2D eigenvalue weighted by molar-refractivity contribution is -0.126. The summed E-state index contributed by atoms with van der Waals surface area (Å²) in [6, 6.07) is 1.72. The van der Waals surface area contributed by atoms with Crippen LogP contribution in [0, 0.1) is 5.92 Å². The average molecular weight is 418 g/mol. The SMILES string of the molecule is COc1cc2c(N)nc(N3CCN(C(=O)/C=C/C4CC4)CC3)nc2c(Cl)c1OC. The van der Waals surface area contributed by atoms with Crippen LogP contribution >= 0.6 is 11.6 Å². The monoisotopic (exact) mass is 417 g/mol. The standard InChI is InChI=1S/C20H24ClN5O3/c1-28-14-11-13-17(16(21)18(14)29-2)23-20(24-19(13)22)26-9-7-25(8-10-26)15(27)6-5-12-3-4-12/h5-6,11-12H,3-4,7-10H2,1-2H3,(H2,22,23,24)/b6-5+. The van der Waals surface area contributed by atoms with E-state index in [-0.39, 0.29) is 5.91 Å². The van der Waals surface area contributed by atoms with Gasteiger partial charge in [0.25, 0.3) is 0 Å². The number of amides is 1. The van der Waals surface area contributed by atoms with Crippen LogP contribution in [-0.4, -0.2) is 61.2 Å². The van der Waals surface area contributed by atoms with Crippen molar-refractivity contribution < 1.29 is 14.3 Å². The molecule has 29 heavy (non-hydrogen) atoms. The molecule has 1 aromatic carbocycles. The summed E-state index contributed by atoms with van der Waals surface area (Å²) in [4.78, 5) is 25.2. The van der Waals surface area contributed by atoms with Crippen molar-refractivity contribution in [3.63, 3.8) is 0 Å². The van der Waals surface area contributed by atoms with Gasteiger partial charge in [0.1, 0.15) is 16.4 Å². The molecule has 1 aromatic heterocycles. The van der Waals surface area contributed by atoms with E-state index in [1.165, 1.54) is 27.1 Å². The predicted octanol–water partition coefficient (Wildman–Crippen LogP) is 2.50. The first-order chi connectivity index (χ1) is 14.0. The van der Waals surface area contributed by atoms with E-state index in [0.29, 0.717) is 71.3 Å². The molecular formula is C20H24ClN5O3. The van der Waals surface area contributed by atoms with Gasteiger partial charge in [-0.3, -0.25) is 4.79 Å². The third-order valence-electron chi connectivity index (χ3n) is 5.30. The number of rotatable bonds is 5. The van der Waals surface area contributed by atoms with Gasteiger partial charge in [0.15, 0.2) is 11.5 Å². The molecule has 1 saturated carbocycles. The maximum atomic E-state index is 12.3. The number of ether oxygens (including phenoxy) is 2. The maximum absolute atomic E-state index is 12.3. The number of piperazine rings is 1. The van der Waals surface area contributed by atoms with Crippen LogP contribution in [0.15, 0.2) is 18.2 Å². The van der Waals surface area contributed by atoms with Crippen molar-refractivity contribution in [2.45, 2.75) is 12.8 Å². The minimum atomic E-state index is 0.0652. The lowest BCUT2D eigenvalue weighted by Crippen LogP contribution is -2.48. The number of hydrogen-bond donors (Lipinski definition) is 1. The van der Waals surface area contributed by atoms with Crippen molar-refractivity contribution in [3.8, 4) is 11.5 Å². The van der Waals surface area contributed by atoms with Crippen molar-refractivity contribution in [2.75, 3.05) is 51.0 Å².